The second-order valence-electron chi connectivity index (χ2n) is 6.44. The highest BCUT2D eigenvalue weighted by Crippen LogP contribution is 2.40. The first-order valence-electron chi connectivity index (χ1n) is 8.91. The van der Waals surface area contributed by atoms with Crippen molar-refractivity contribution in [2.24, 2.45) is 15.9 Å². The van der Waals surface area contributed by atoms with Gasteiger partial charge in [0.25, 0.3) is 5.91 Å². The van der Waals surface area contributed by atoms with E-state index in [1.54, 1.807) is 0 Å². The van der Waals surface area contributed by atoms with Crippen LogP contribution in [0.3, 0.4) is 0 Å². The van der Waals surface area contributed by atoms with Crippen LogP contribution in [0.4, 0.5) is 5.69 Å². The number of benzene rings is 1. The molecule has 0 saturated carbocycles. The lowest BCUT2D eigenvalue weighted by Gasteiger charge is -2.14. The van der Waals surface area contributed by atoms with Crippen molar-refractivity contribution in [3.63, 3.8) is 0 Å². The molecule has 2 aliphatic rings. The van der Waals surface area contributed by atoms with Gasteiger partial charge >= 0.3 is 0 Å². The highest BCUT2D eigenvalue weighted by Gasteiger charge is 2.36. The summed E-state index contributed by atoms with van der Waals surface area (Å²) in [4.78, 5) is 33.9. The highest BCUT2D eigenvalue weighted by molar-refractivity contribution is 8.18. The number of carbonyl (C=O) groups is 2. The molecule has 0 radical (unpaired) electrons. The van der Waals surface area contributed by atoms with Crippen molar-refractivity contribution in [3.8, 4) is 0 Å². The largest absolute Gasteiger partial charge is 0.395 e. The SMILES string of the molecule is CC1=C(C)C2C(=O)N=C(SCC(=O)Nc3ccc(S(=O)(=O)NCCO)cc3)N=C2S1. The summed E-state index contributed by atoms with van der Waals surface area (Å²) in [6.45, 7) is 3.45. The van der Waals surface area contributed by atoms with Gasteiger partial charge in [0.05, 0.1) is 22.3 Å². The summed E-state index contributed by atoms with van der Waals surface area (Å²) in [5, 5.41) is 12.3. The maximum Gasteiger partial charge on any atom is 0.262 e. The van der Waals surface area contributed by atoms with Gasteiger partial charge in [0.15, 0.2) is 5.17 Å². The van der Waals surface area contributed by atoms with Crippen LogP contribution in [0.15, 0.2) is 49.6 Å². The Balaban J connectivity index is 1.55. The van der Waals surface area contributed by atoms with Gasteiger partial charge in [-0.15, -0.1) is 0 Å². The number of carbonyl (C=O) groups excluding carboxylic acids is 2. The molecule has 0 aliphatic carbocycles. The Morgan fingerprint density at radius 1 is 1.23 bits per heavy atom. The lowest BCUT2D eigenvalue weighted by Crippen LogP contribution is -2.26. The molecule has 0 saturated heterocycles. The summed E-state index contributed by atoms with van der Waals surface area (Å²) in [6, 6.07) is 5.64. The van der Waals surface area contributed by atoms with Crippen LogP contribution in [-0.2, 0) is 19.6 Å². The molecule has 0 aromatic heterocycles. The smallest absolute Gasteiger partial charge is 0.262 e. The normalized spacial score (nSPS) is 18.8. The Hall–Kier alpha value is -1.99. The fourth-order valence-corrected chi connectivity index (χ4v) is 5.56. The number of rotatable bonds is 7. The lowest BCUT2D eigenvalue weighted by atomic mass is 10.0. The Morgan fingerprint density at radius 2 is 1.93 bits per heavy atom. The van der Waals surface area contributed by atoms with Gasteiger partial charge in [0.2, 0.25) is 15.9 Å². The number of nitrogens with zero attached hydrogens (tertiary/aromatic N) is 2. The molecular formula is C18H20N4O5S3. The summed E-state index contributed by atoms with van der Waals surface area (Å²) in [5.41, 5.74) is 1.39. The molecule has 3 N–H and O–H groups in total. The lowest BCUT2D eigenvalue weighted by molar-refractivity contribution is -0.118. The van der Waals surface area contributed by atoms with Crippen LogP contribution < -0.4 is 10.0 Å². The van der Waals surface area contributed by atoms with Gasteiger partial charge in [-0.05, 0) is 48.6 Å². The molecule has 9 nitrogen and oxygen atoms in total. The number of aliphatic hydroxyl groups excluding tert-OH is 1. The molecule has 3 rings (SSSR count). The number of hydrogen-bond donors (Lipinski definition) is 3. The summed E-state index contributed by atoms with van der Waals surface area (Å²) in [7, 11) is -3.71. The van der Waals surface area contributed by atoms with E-state index in [0.717, 1.165) is 22.2 Å². The minimum atomic E-state index is -3.71. The van der Waals surface area contributed by atoms with Gasteiger partial charge in [-0.2, -0.15) is 4.99 Å². The first-order chi connectivity index (χ1) is 14.2. The van der Waals surface area contributed by atoms with Crippen LogP contribution in [0.5, 0.6) is 0 Å². The molecule has 160 valence electrons. The Labute approximate surface area is 182 Å². The van der Waals surface area contributed by atoms with Crippen LogP contribution >= 0.6 is 23.5 Å². The molecule has 0 spiro atoms. The fraction of sp³-hybridized carbons (Fsp3) is 0.333. The maximum atomic E-state index is 12.3. The van der Waals surface area contributed by atoms with E-state index in [1.807, 2.05) is 13.8 Å². The van der Waals surface area contributed by atoms with Gasteiger partial charge < -0.3 is 10.4 Å². The second-order valence-corrected chi connectivity index (χ2v) is 10.4. The van der Waals surface area contributed by atoms with Gasteiger partial charge in [0.1, 0.15) is 5.92 Å². The molecule has 1 aromatic rings. The molecule has 1 atom stereocenters. The Kier molecular flexibility index (Phi) is 7.14. The average Bonchev–Trinajstić information content (AvgIpc) is 2.99. The third kappa shape index (κ3) is 5.19. The summed E-state index contributed by atoms with van der Waals surface area (Å²) < 4.78 is 26.2. The molecule has 0 fully saturated rings. The van der Waals surface area contributed by atoms with Crippen LogP contribution in [0.2, 0.25) is 0 Å². The van der Waals surface area contributed by atoms with Crippen molar-refractivity contribution in [3.05, 3.63) is 34.7 Å². The zero-order valence-corrected chi connectivity index (χ0v) is 18.7. The third-order valence-electron chi connectivity index (χ3n) is 4.34. The maximum absolute atomic E-state index is 12.3. The third-order valence-corrected chi connectivity index (χ3v) is 7.82. The zero-order valence-electron chi connectivity index (χ0n) is 16.2. The predicted octanol–water partition coefficient (Wildman–Crippen LogP) is 1.58. The number of anilines is 1. The van der Waals surface area contributed by atoms with E-state index < -0.39 is 15.9 Å². The van der Waals surface area contributed by atoms with Crippen molar-refractivity contribution in [1.29, 1.82) is 0 Å². The fourth-order valence-electron chi connectivity index (χ4n) is 2.71. The van der Waals surface area contributed by atoms with Crippen molar-refractivity contribution in [2.45, 2.75) is 18.7 Å². The standard InChI is InChI=1S/C18H20N4O5S3/c1-10-11(2)29-17-15(10)16(25)21-18(22-17)28-9-14(24)20-12-3-5-13(6-4-12)30(26,27)19-7-8-23/h3-6,15,19,23H,7-9H2,1-2H3,(H,20,24). The average molecular weight is 469 g/mol. The summed E-state index contributed by atoms with van der Waals surface area (Å²) in [6.07, 6.45) is 0. The molecule has 2 heterocycles. The molecule has 2 amide bonds. The molecule has 2 aliphatic heterocycles. The predicted molar refractivity (Wildman–Crippen MR) is 119 cm³/mol. The molecule has 12 heteroatoms. The molecule has 1 aromatic carbocycles. The number of hydrogen-bond acceptors (Lipinski definition) is 8. The Morgan fingerprint density at radius 3 is 2.60 bits per heavy atom. The number of thioether (sulfide) groups is 2. The molecular weight excluding hydrogens is 448 g/mol. The van der Waals surface area contributed by atoms with Gasteiger partial charge in [-0.3, -0.25) is 9.59 Å². The first-order valence-corrected chi connectivity index (χ1v) is 12.2. The quantitative estimate of drug-likeness (QED) is 0.552. The zero-order chi connectivity index (χ0) is 21.9. The van der Waals surface area contributed by atoms with E-state index in [9.17, 15) is 18.0 Å². The summed E-state index contributed by atoms with van der Waals surface area (Å²) >= 11 is 2.52. The Bertz CT molecular complexity index is 1060. The van der Waals surface area contributed by atoms with E-state index in [-0.39, 0.29) is 40.8 Å². The number of amidine groups is 1. The molecule has 0 bridgehead atoms. The van der Waals surface area contributed by atoms with E-state index in [4.69, 9.17) is 5.11 Å². The van der Waals surface area contributed by atoms with E-state index in [0.29, 0.717) is 10.7 Å². The minimum Gasteiger partial charge on any atom is -0.395 e. The van der Waals surface area contributed by atoms with Crippen LogP contribution in [-0.4, -0.2) is 54.5 Å². The number of nitrogens with one attached hydrogen (secondary N) is 2. The number of fused-ring (bicyclic) bond motifs is 1. The van der Waals surface area contributed by atoms with Crippen molar-refractivity contribution < 1.29 is 23.1 Å². The number of aliphatic imine (C=N–C) groups is 2. The number of allylic oxidation sites excluding steroid dienone is 1. The van der Waals surface area contributed by atoms with Crippen molar-refractivity contribution >= 4 is 61.3 Å². The van der Waals surface area contributed by atoms with E-state index in [2.05, 4.69) is 20.0 Å². The number of amides is 2. The topological polar surface area (TPSA) is 137 Å². The second kappa shape index (κ2) is 9.43. The number of sulfonamides is 1. The van der Waals surface area contributed by atoms with Crippen molar-refractivity contribution in [1.82, 2.24) is 4.72 Å². The van der Waals surface area contributed by atoms with Crippen LogP contribution in [0, 0.1) is 5.92 Å². The van der Waals surface area contributed by atoms with Gasteiger partial charge in [-0.25, -0.2) is 18.1 Å². The molecule has 1 unspecified atom stereocenters. The number of aliphatic hydroxyl groups is 1. The van der Waals surface area contributed by atoms with E-state index >= 15 is 0 Å². The van der Waals surface area contributed by atoms with Gasteiger partial charge in [-0.1, -0.05) is 23.5 Å². The first kappa shape index (κ1) is 22.7. The highest BCUT2D eigenvalue weighted by atomic mass is 32.2. The monoisotopic (exact) mass is 468 g/mol. The summed E-state index contributed by atoms with van der Waals surface area (Å²) in [5.74, 6) is -0.996. The van der Waals surface area contributed by atoms with Crippen LogP contribution in [0.25, 0.3) is 0 Å². The minimum absolute atomic E-state index is 0.00171. The van der Waals surface area contributed by atoms with Crippen LogP contribution in [0.1, 0.15) is 13.8 Å². The van der Waals surface area contributed by atoms with Gasteiger partial charge in [0, 0.05) is 12.2 Å². The van der Waals surface area contributed by atoms with E-state index in [1.165, 1.54) is 36.0 Å². The van der Waals surface area contributed by atoms with Crippen molar-refractivity contribution in [2.75, 3.05) is 24.2 Å². The molecule has 30 heavy (non-hydrogen) atoms.